The van der Waals surface area contributed by atoms with E-state index in [4.69, 9.17) is 4.52 Å². The van der Waals surface area contributed by atoms with Crippen molar-refractivity contribution in [1.29, 1.82) is 0 Å². The summed E-state index contributed by atoms with van der Waals surface area (Å²) in [6.07, 6.45) is 1.18. The molecule has 0 amide bonds. The first-order valence-corrected chi connectivity index (χ1v) is 7.46. The lowest BCUT2D eigenvalue weighted by atomic mass is 10.6. The predicted octanol–water partition coefficient (Wildman–Crippen LogP) is 0.584. The van der Waals surface area contributed by atoms with E-state index < -0.39 is 12.6 Å². The molecule has 19 heavy (non-hydrogen) atoms. The molecule has 0 aliphatic carbocycles. The molecule has 0 N–H and O–H groups in total. The third kappa shape index (κ3) is 2.30. The van der Waals surface area contributed by atoms with Crippen LogP contribution in [0.1, 0.15) is 5.82 Å². The van der Waals surface area contributed by atoms with E-state index in [-0.39, 0.29) is 12.4 Å². The van der Waals surface area contributed by atoms with Crippen LogP contribution in [0.2, 0.25) is 0 Å². The van der Waals surface area contributed by atoms with Gasteiger partial charge < -0.3 is 10.1 Å². The maximum atomic E-state index is 12.6. The van der Waals surface area contributed by atoms with Gasteiger partial charge in [-0.25, -0.2) is 18.9 Å². The molecule has 3 heterocycles. The van der Waals surface area contributed by atoms with Crippen molar-refractivity contribution in [2.24, 2.45) is 7.05 Å². The Morgan fingerprint density at radius 3 is 2.42 bits per heavy atom. The molecule has 0 atom stereocenters. The third-order valence-corrected chi connectivity index (χ3v) is 5.87. The van der Waals surface area contributed by atoms with Gasteiger partial charge in [0.1, 0.15) is 12.8 Å². The Morgan fingerprint density at radius 1 is 1.42 bits per heavy atom. The van der Waals surface area contributed by atoms with Crippen molar-refractivity contribution in [3.05, 3.63) is 22.1 Å². The molecule has 0 radical (unpaired) electrons. The molecular weight excluding hydrogens is 273 g/mol. The first-order valence-electron chi connectivity index (χ1n) is 5.93. The van der Waals surface area contributed by atoms with E-state index in [2.05, 4.69) is 4.98 Å². The molecule has 2 aliphatic rings. The fourth-order valence-electron chi connectivity index (χ4n) is 1.82. The zero-order valence-electron chi connectivity index (χ0n) is 10.4. The zero-order chi connectivity index (χ0) is 13.6. The summed E-state index contributed by atoms with van der Waals surface area (Å²) >= 11 is 0. The number of hydrogen-bond acceptors (Lipinski definition) is 5. The topological polar surface area (TPSA) is 93.3 Å². The normalized spacial score (nSPS) is 19.6. The third-order valence-electron chi connectivity index (χ3n) is 3.17. The van der Waals surface area contributed by atoms with Crippen molar-refractivity contribution in [3.8, 4) is 0 Å². The van der Waals surface area contributed by atoms with E-state index in [1.807, 2.05) is 0 Å². The standard InChI is InChI=1S/C9H14N5O4P/c1-11-8(10-6-9(11)14(15)16)7-18-19(17,12-2-3-12)13-4-5-13/h6H,2-5,7H2,1H3. The summed E-state index contributed by atoms with van der Waals surface area (Å²) in [5.74, 6) is 0.294. The highest BCUT2D eigenvalue weighted by Gasteiger charge is 2.49. The van der Waals surface area contributed by atoms with Gasteiger partial charge in [-0.05, 0) is 4.92 Å². The van der Waals surface area contributed by atoms with Crippen molar-refractivity contribution in [3.63, 3.8) is 0 Å². The second-order valence-corrected chi connectivity index (χ2v) is 6.89. The highest BCUT2D eigenvalue weighted by Crippen LogP contribution is 2.61. The average molecular weight is 287 g/mol. The van der Waals surface area contributed by atoms with Crippen LogP contribution in [0.3, 0.4) is 0 Å². The Balaban J connectivity index is 1.72. The monoisotopic (exact) mass is 287 g/mol. The Hall–Kier alpha value is -1.28. The summed E-state index contributed by atoms with van der Waals surface area (Å²) in [4.78, 5) is 14.1. The van der Waals surface area contributed by atoms with Gasteiger partial charge in [0.2, 0.25) is 5.82 Å². The molecule has 10 heteroatoms. The number of hydrogen-bond donors (Lipinski definition) is 0. The van der Waals surface area contributed by atoms with Crippen LogP contribution in [0, 0.1) is 10.1 Å². The van der Waals surface area contributed by atoms with Gasteiger partial charge in [-0.2, -0.15) is 0 Å². The van der Waals surface area contributed by atoms with Crippen LogP contribution in [0.25, 0.3) is 0 Å². The molecule has 0 aromatic carbocycles. The summed E-state index contributed by atoms with van der Waals surface area (Å²) in [5, 5.41) is 10.7. The molecule has 0 unspecified atom stereocenters. The maximum absolute atomic E-state index is 12.6. The van der Waals surface area contributed by atoms with Gasteiger partial charge in [0.15, 0.2) is 0 Å². The van der Waals surface area contributed by atoms with Gasteiger partial charge in [0.05, 0.1) is 7.05 Å². The SMILES string of the molecule is Cn1c([N+](=O)[O-])cnc1COP(=O)(N1CC1)N1CC1. The predicted molar refractivity (Wildman–Crippen MR) is 65.4 cm³/mol. The minimum Gasteiger partial charge on any atom is -0.358 e. The Kier molecular flexibility index (Phi) is 2.94. The van der Waals surface area contributed by atoms with Gasteiger partial charge in [-0.15, -0.1) is 0 Å². The molecule has 1 aromatic heterocycles. The van der Waals surface area contributed by atoms with Gasteiger partial charge in [0, 0.05) is 26.2 Å². The first kappa shape index (κ1) is 12.7. The minimum atomic E-state index is -2.90. The number of nitrogens with zero attached hydrogens (tertiary/aromatic N) is 5. The summed E-state index contributed by atoms with van der Waals surface area (Å²) in [6, 6.07) is 0. The lowest BCUT2D eigenvalue weighted by Gasteiger charge is -2.18. The molecule has 2 aliphatic heterocycles. The number of aromatic nitrogens is 2. The zero-order valence-corrected chi connectivity index (χ0v) is 11.3. The minimum absolute atomic E-state index is 0.00855. The summed E-state index contributed by atoms with van der Waals surface area (Å²) in [6.45, 7) is 3.10. The highest BCUT2D eigenvalue weighted by molar-refractivity contribution is 7.54. The second-order valence-electron chi connectivity index (χ2n) is 4.52. The quantitative estimate of drug-likeness (QED) is 0.327. The van der Waals surface area contributed by atoms with Crippen LogP contribution < -0.4 is 0 Å². The lowest BCUT2D eigenvalue weighted by Crippen LogP contribution is -2.10. The molecule has 2 fully saturated rings. The number of rotatable bonds is 6. The summed E-state index contributed by atoms with van der Waals surface area (Å²) < 4.78 is 23.1. The van der Waals surface area contributed by atoms with Crippen molar-refractivity contribution >= 4 is 13.5 Å². The Labute approximate surface area is 109 Å². The van der Waals surface area contributed by atoms with Crippen molar-refractivity contribution in [1.82, 2.24) is 18.9 Å². The fraction of sp³-hybridized carbons (Fsp3) is 0.667. The van der Waals surface area contributed by atoms with Gasteiger partial charge in [0.25, 0.3) is 0 Å². The van der Waals surface area contributed by atoms with Gasteiger partial charge in [-0.3, -0.25) is 9.09 Å². The van der Waals surface area contributed by atoms with E-state index in [1.165, 1.54) is 10.8 Å². The first-order chi connectivity index (χ1) is 9.02. The maximum Gasteiger partial charge on any atom is 0.346 e. The van der Waals surface area contributed by atoms with E-state index in [0.29, 0.717) is 5.82 Å². The van der Waals surface area contributed by atoms with E-state index in [0.717, 1.165) is 26.2 Å². The largest absolute Gasteiger partial charge is 0.358 e. The van der Waals surface area contributed by atoms with E-state index in [9.17, 15) is 14.7 Å². The highest BCUT2D eigenvalue weighted by atomic mass is 31.2. The van der Waals surface area contributed by atoms with Crippen molar-refractivity contribution in [2.75, 3.05) is 26.2 Å². The molecule has 0 saturated carbocycles. The molecule has 0 spiro atoms. The Bertz CT molecular complexity index is 549. The van der Waals surface area contributed by atoms with Crippen molar-refractivity contribution in [2.45, 2.75) is 6.61 Å². The van der Waals surface area contributed by atoms with Crippen LogP contribution in [-0.4, -0.2) is 50.0 Å². The molecule has 0 bridgehead atoms. The number of imidazole rings is 1. The Morgan fingerprint density at radius 2 is 2.00 bits per heavy atom. The molecule has 104 valence electrons. The van der Waals surface area contributed by atoms with Crippen LogP contribution in [0.5, 0.6) is 0 Å². The molecule has 3 rings (SSSR count). The van der Waals surface area contributed by atoms with E-state index in [1.54, 1.807) is 16.4 Å². The smallest absolute Gasteiger partial charge is 0.346 e. The van der Waals surface area contributed by atoms with Crippen LogP contribution >= 0.6 is 7.67 Å². The van der Waals surface area contributed by atoms with Gasteiger partial charge >= 0.3 is 13.5 Å². The molecule has 2 saturated heterocycles. The molecular formula is C9H14N5O4P. The van der Waals surface area contributed by atoms with Crippen molar-refractivity contribution < 1.29 is 14.0 Å². The molecule has 9 nitrogen and oxygen atoms in total. The van der Waals surface area contributed by atoms with E-state index >= 15 is 0 Å². The number of nitro groups is 1. The van der Waals surface area contributed by atoms with Gasteiger partial charge in [-0.1, -0.05) is 0 Å². The summed E-state index contributed by atoms with van der Waals surface area (Å²) in [7, 11) is -1.35. The van der Waals surface area contributed by atoms with Crippen LogP contribution in [0.4, 0.5) is 5.82 Å². The summed E-state index contributed by atoms with van der Waals surface area (Å²) in [5.41, 5.74) is 0. The average Bonchev–Trinajstić information content (AvgIpc) is 3.25. The molecule has 1 aromatic rings. The second kappa shape index (κ2) is 4.38. The lowest BCUT2D eigenvalue weighted by molar-refractivity contribution is -0.391. The van der Waals surface area contributed by atoms with Crippen LogP contribution in [-0.2, 0) is 22.7 Å². The van der Waals surface area contributed by atoms with Crippen LogP contribution in [0.15, 0.2) is 6.20 Å². The fourth-order valence-corrected chi connectivity index (χ4v) is 3.98.